The number of benzene rings is 3. The molecule has 0 spiro atoms. The van der Waals surface area contributed by atoms with E-state index in [0.717, 1.165) is 16.7 Å². The molecule has 1 fully saturated rings. The van der Waals surface area contributed by atoms with Gasteiger partial charge in [-0.05, 0) is 67.3 Å². The summed E-state index contributed by atoms with van der Waals surface area (Å²) in [6.07, 6.45) is 0.299. The van der Waals surface area contributed by atoms with Gasteiger partial charge in [0.1, 0.15) is 16.7 Å². The van der Waals surface area contributed by atoms with Crippen molar-refractivity contribution < 1.29 is 9.59 Å². The van der Waals surface area contributed by atoms with E-state index in [1.54, 1.807) is 42.5 Å². The van der Waals surface area contributed by atoms with Gasteiger partial charge in [-0.3, -0.25) is 14.5 Å². The zero-order chi connectivity index (χ0) is 25.1. The van der Waals surface area contributed by atoms with E-state index in [1.807, 2.05) is 44.2 Å². The summed E-state index contributed by atoms with van der Waals surface area (Å²) in [6, 6.07) is 21.8. The Kier molecular flexibility index (Phi) is 7.51. The maximum atomic E-state index is 13.6. The number of hydrogen-bond donors (Lipinski definition) is 1. The number of nitrogens with one attached hydrogen (secondary N) is 1. The quantitative estimate of drug-likeness (QED) is 0.300. The number of carbonyl (C=O) groups excluding carboxylic acids is 2. The van der Waals surface area contributed by atoms with Crippen molar-refractivity contribution in [3.05, 3.63) is 104 Å². The number of carbonyl (C=O) groups is 2. The Balaban J connectivity index is 1.75. The average Bonchev–Trinajstić information content (AvgIpc) is 3.15. The minimum atomic E-state index is -0.586. The van der Waals surface area contributed by atoms with Crippen molar-refractivity contribution in [2.45, 2.75) is 25.5 Å². The highest BCUT2D eigenvalue weighted by Gasteiger charge is 2.41. The van der Waals surface area contributed by atoms with Gasteiger partial charge in [-0.2, -0.15) is 5.26 Å². The lowest BCUT2D eigenvalue weighted by atomic mass is 10.1. The third-order valence-corrected chi connectivity index (χ3v) is 7.52. The summed E-state index contributed by atoms with van der Waals surface area (Å²) >= 11 is 13.7. The minimum absolute atomic E-state index is 0.130. The lowest BCUT2D eigenvalue weighted by Gasteiger charge is -2.19. The van der Waals surface area contributed by atoms with Gasteiger partial charge in [0, 0.05) is 21.4 Å². The first-order valence-electron chi connectivity index (χ1n) is 10.8. The molecular weight excluding hydrogens is 501 g/mol. The van der Waals surface area contributed by atoms with E-state index in [0.29, 0.717) is 27.8 Å². The van der Waals surface area contributed by atoms with E-state index in [-0.39, 0.29) is 16.5 Å². The molecule has 0 saturated carbocycles. The third kappa shape index (κ3) is 5.23. The number of hydrogen-bond acceptors (Lipinski definition) is 4. The van der Waals surface area contributed by atoms with Crippen LogP contribution in [0.4, 0.5) is 11.4 Å². The summed E-state index contributed by atoms with van der Waals surface area (Å²) in [5, 5.41) is 13.6. The van der Waals surface area contributed by atoms with Crippen LogP contribution in [0.15, 0.2) is 77.3 Å². The molecule has 3 aromatic carbocycles. The Morgan fingerprint density at radius 3 is 2.40 bits per heavy atom. The van der Waals surface area contributed by atoms with Crippen molar-refractivity contribution in [2.75, 3.05) is 10.2 Å². The molecule has 1 atom stereocenters. The summed E-state index contributed by atoms with van der Waals surface area (Å²) < 4.78 is 0. The van der Waals surface area contributed by atoms with Crippen LogP contribution >= 0.6 is 35.0 Å². The Hall–Kier alpha value is -3.24. The van der Waals surface area contributed by atoms with Gasteiger partial charge >= 0.3 is 0 Å². The van der Waals surface area contributed by atoms with Crippen molar-refractivity contribution in [2.24, 2.45) is 0 Å². The van der Waals surface area contributed by atoms with Crippen LogP contribution < -0.4 is 10.2 Å². The summed E-state index contributed by atoms with van der Waals surface area (Å²) in [6.45, 7) is 3.77. The van der Waals surface area contributed by atoms with Gasteiger partial charge in [0.05, 0.1) is 5.25 Å². The summed E-state index contributed by atoms with van der Waals surface area (Å²) in [7, 11) is 0. The van der Waals surface area contributed by atoms with E-state index >= 15 is 0 Å². The van der Waals surface area contributed by atoms with E-state index in [9.17, 15) is 14.9 Å². The molecule has 0 unspecified atom stereocenters. The first-order valence-corrected chi connectivity index (χ1v) is 12.4. The van der Waals surface area contributed by atoms with E-state index in [1.165, 1.54) is 16.7 Å². The predicted octanol–water partition coefficient (Wildman–Crippen LogP) is 6.68. The smallest absolute Gasteiger partial charge is 0.269 e. The van der Waals surface area contributed by atoms with Crippen molar-refractivity contribution in [3.63, 3.8) is 0 Å². The average molecular weight is 522 g/mol. The van der Waals surface area contributed by atoms with Crippen LogP contribution in [0.5, 0.6) is 0 Å². The second kappa shape index (κ2) is 10.6. The Bertz CT molecular complexity index is 1360. The number of aryl methyl sites for hydroxylation is 2. The monoisotopic (exact) mass is 521 g/mol. The first-order chi connectivity index (χ1) is 16.8. The molecule has 5 nitrogen and oxygen atoms in total. The maximum absolute atomic E-state index is 13.6. The Labute approximate surface area is 218 Å². The van der Waals surface area contributed by atoms with Crippen LogP contribution in [0.3, 0.4) is 0 Å². The lowest BCUT2D eigenvalue weighted by Crippen LogP contribution is -2.31. The second-order valence-corrected chi connectivity index (χ2v) is 10.1. The highest BCUT2D eigenvalue weighted by atomic mass is 35.5. The molecule has 0 aromatic heterocycles. The van der Waals surface area contributed by atoms with Crippen molar-refractivity contribution in [3.8, 4) is 6.07 Å². The number of amides is 2. The van der Waals surface area contributed by atoms with Crippen LogP contribution in [-0.4, -0.2) is 17.1 Å². The first kappa shape index (κ1) is 24.9. The molecule has 0 aliphatic carbocycles. The molecule has 1 aliphatic rings. The van der Waals surface area contributed by atoms with Gasteiger partial charge in [0.15, 0.2) is 0 Å². The number of para-hydroxylation sites is 2. The number of rotatable bonds is 5. The molecular formula is C27H21Cl2N3O2S. The number of anilines is 2. The highest BCUT2D eigenvalue weighted by molar-refractivity contribution is 8.05. The second-order valence-electron chi connectivity index (χ2n) is 8.07. The molecule has 0 bridgehead atoms. The largest absolute Gasteiger partial charge is 0.321 e. The number of nitrogens with zero attached hydrogens (tertiary/aromatic N) is 2. The highest BCUT2D eigenvalue weighted by Crippen LogP contribution is 2.42. The van der Waals surface area contributed by atoms with E-state index < -0.39 is 11.2 Å². The maximum Gasteiger partial charge on any atom is 0.269 e. The summed E-state index contributed by atoms with van der Waals surface area (Å²) in [5.41, 5.74) is 3.57. The molecule has 0 radical (unpaired) electrons. The number of nitriles is 1. The van der Waals surface area contributed by atoms with Crippen molar-refractivity contribution in [1.82, 2.24) is 0 Å². The fraction of sp³-hybridized carbons (Fsp3) is 0.148. The normalized spacial score (nSPS) is 16.7. The Morgan fingerprint density at radius 2 is 1.74 bits per heavy atom. The van der Waals surface area contributed by atoms with Crippen LogP contribution in [0.2, 0.25) is 10.0 Å². The lowest BCUT2D eigenvalue weighted by molar-refractivity contribution is -0.117. The number of thioether (sulfide) groups is 1. The molecule has 3 aromatic rings. The predicted molar refractivity (Wildman–Crippen MR) is 143 cm³/mol. The standard InChI is InChI=1S/C27H21Cl2N3O2S/c1-16-7-6-8-17(2)24(16)31-25(33)21(15-30)27-32(20-9-4-3-5-10-20)26(34)23(35-27)14-18-13-19(28)11-12-22(18)29/h3-13,23H,14H2,1-2H3,(H,31,33)/b27-21-/t23-/m0/s1. The summed E-state index contributed by atoms with van der Waals surface area (Å²) in [4.78, 5) is 28.3. The van der Waals surface area contributed by atoms with Crippen LogP contribution in [-0.2, 0) is 16.0 Å². The van der Waals surface area contributed by atoms with Crippen molar-refractivity contribution >= 4 is 58.2 Å². The fourth-order valence-electron chi connectivity index (χ4n) is 3.89. The van der Waals surface area contributed by atoms with Gasteiger partial charge in [-0.25, -0.2) is 0 Å². The molecule has 35 heavy (non-hydrogen) atoms. The van der Waals surface area contributed by atoms with E-state index in [4.69, 9.17) is 23.2 Å². The zero-order valence-electron chi connectivity index (χ0n) is 19.0. The van der Waals surface area contributed by atoms with Crippen LogP contribution in [0, 0.1) is 25.2 Å². The van der Waals surface area contributed by atoms with Gasteiger partial charge < -0.3 is 5.32 Å². The number of halogens is 2. The third-order valence-electron chi connectivity index (χ3n) is 5.65. The fourth-order valence-corrected chi connectivity index (χ4v) is 5.57. The molecule has 1 N–H and O–H groups in total. The topological polar surface area (TPSA) is 73.2 Å². The molecule has 176 valence electrons. The minimum Gasteiger partial charge on any atom is -0.321 e. The SMILES string of the molecule is Cc1cccc(C)c1NC(=O)/C(C#N)=C1\S[C@@H](Cc2cc(Cl)ccc2Cl)C(=O)N1c1ccccc1. The van der Waals surface area contributed by atoms with Gasteiger partial charge in [-0.1, -0.05) is 71.4 Å². The van der Waals surface area contributed by atoms with Gasteiger partial charge in [0.2, 0.25) is 5.91 Å². The van der Waals surface area contributed by atoms with Crippen molar-refractivity contribution in [1.29, 1.82) is 5.26 Å². The zero-order valence-corrected chi connectivity index (χ0v) is 21.3. The van der Waals surface area contributed by atoms with Gasteiger partial charge in [0.25, 0.3) is 5.91 Å². The Morgan fingerprint density at radius 1 is 1.06 bits per heavy atom. The molecule has 1 saturated heterocycles. The molecule has 2 amide bonds. The molecule has 8 heteroatoms. The molecule has 1 heterocycles. The molecule has 1 aliphatic heterocycles. The summed E-state index contributed by atoms with van der Waals surface area (Å²) in [5.74, 6) is -0.803. The molecule has 4 rings (SSSR count). The van der Waals surface area contributed by atoms with Crippen LogP contribution in [0.25, 0.3) is 0 Å². The van der Waals surface area contributed by atoms with Crippen LogP contribution in [0.1, 0.15) is 16.7 Å². The van der Waals surface area contributed by atoms with Gasteiger partial charge in [-0.15, -0.1) is 0 Å². The van der Waals surface area contributed by atoms with E-state index in [2.05, 4.69) is 5.32 Å².